The zero-order valence-corrected chi connectivity index (χ0v) is 23.8. The van der Waals surface area contributed by atoms with Crippen molar-refractivity contribution >= 4 is 22.4 Å². The number of rotatable bonds is 6. The highest BCUT2D eigenvalue weighted by atomic mass is 19.4. The van der Waals surface area contributed by atoms with Crippen LogP contribution in [-0.2, 0) is 6.18 Å². The van der Waals surface area contributed by atoms with E-state index in [9.17, 15) is 18.0 Å². The van der Waals surface area contributed by atoms with Crippen LogP contribution in [0.15, 0.2) is 54.7 Å². The number of nitrogens with zero attached hydrogens (tertiary/aromatic N) is 4. The molecule has 0 radical (unpaired) electrons. The number of alkyl halides is 3. The van der Waals surface area contributed by atoms with Gasteiger partial charge in [-0.25, -0.2) is 0 Å². The molecule has 1 fully saturated rings. The number of hydrogen-bond acceptors (Lipinski definition) is 3. The number of benzene rings is 2. The molecule has 0 spiro atoms. The summed E-state index contributed by atoms with van der Waals surface area (Å²) in [6, 6.07) is 11.5. The monoisotopic (exact) mass is 552 g/mol. The van der Waals surface area contributed by atoms with E-state index >= 15 is 0 Å². The van der Waals surface area contributed by atoms with Crippen molar-refractivity contribution in [1.29, 1.82) is 0 Å². The van der Waals surface area contributed by atoms with Gasteiger partial charge in [0, 0.05) is 80.3 Å². The van der Waals surface area contributed by atoms with E-state index in [-0.39, 0.29) is 5.91 Å². The molecule has 3 heterocycles. The number of carbonyl (C=O) groups is 1. The van der Waals surface area contributed by atoms with Gasteiger partial charge in [-0.15, -0.1) is 0 Å². The van der Waals surface area contributed by atoms with E-state index in [0.717, 1.165) is 67.7 Å². The molecule has 0 atom stereocenters. The van der Waals surface area contributed by atoms with Gasteiger partial charge in [0.25, 0.3) is 5.91 Å². The Hall–Kier alpha value is -3.10. The summed E-state index contributed by atoms with van der Waals surface area (Å²) in [5, 5.41) is 1.00. The molecule has 0 saturated carbocycles. The quantitative estimate of drug-likeness (QED) is 0.347. The van der Waals surface area contributed by atoms with Crippen molar-refractivity contribution in [1.82, 2.24) is 19.3 Å². The molecule has 5 rings (SSSR count). The largest absolute Gasteiger partial charge is 0.416 e. The summed E-state index contributed by atoms with van der Waals surface area (Å²) >= 11 is 0. The van der Waals surface area contributed by atoms with Crippen LogP contribution in [0.2, 0.25) is 0 Å². The fourth-order valence-corrected chi connectivity index (χ4v) is 5.90. The van der Waals surface area contributed by atoms with Crippen molar-refractivity contribution in [2.45, 2.75) is 46.3 Å². The molecule has 2 aromatic carbocycles. The molecular formula is C32H39F3N4O. The zero-order chi connectivity index (χ0) is 28.6. The first-order chi connectivity index (χ1) is 19.0. The highest BCUT2D eigenvalue weighted by Crippen LogP contribution is 2.35. The minimum atomic E-state index is -4.39. The second-order valence-electron chi connectivity index (χ2n) is 11.7. The van der Waals surface area contributed by atoms with Crippen molar-refractivity contribution in [3.8, 4) is 5.69 Å². The molecule has 2 aliphatic rings. The van der Waals surface area contributed by atoms with Crippen LogP contribution in [0.25, 0.3) is 22.2 Å². The summed E-state index contributed by atoms with van der Waals surface area (Å²) < 4.78 is 41.7. The van der Waals surface area contributed by atoms with Gasteiger partial charge in [-0.2, -0.15) is 13.2 Å². The first kappa shape index (κ1) is 28.4. The Kier molecular flexibility index (Phi) is 8.11. The van der Waals surface area contributed by atoms with Crippen LogP contribution >= 0.6 is 0 Å². The molecular weight excluding hydrogens is 513 g/mol. The predicted molar refractivity (Wildman–Crippen MR) is 155 cm³/mol. The van der Waals surface area contributed by atoms with Gasteiger partial charge in [0.15, 0.2) is 0 Å². The van der Waals surface area contributed by atoms with Gasteiger partial charge < -0.3 is 9.47 Å². The second-order valence-corrected chi connectivity index (χ2v) is 11.7. The maximum absolute atomic E-state index is 13.5. The lowest BCUT2D eigenvalue weighted by Gasteiger charge is -2.37. The number of carbonyl (C=O) groups excluding carboxylic acids is 1. The highest BCUT2D eigenvalue weighted by Gasteiger charge is 2.30. The molecule has 2 aliphatic heterocycles. The standard InChI is InChI=1S/C32H39F3N4O/c1-22(2)20-36-13-11-24(12-14-36)29-21-39(27-8-6-26(7-9-27)32(33,34)35)30-19-25(5-10-28(29)30)31(40)38-17-15-37(16-18-38)23(3)4/h5-11,19,21-23H,12-18,20H2,1-4H3. The number of aromatic nitrogens is 1. The lowest BCUT2D eigenvalue weighted by molar-refractivity contribution is -0.137. The summed E-state index contributed by atoms with van der Waals surface area (Å²) in [5.74, 6) is 0.592. The van der Waals surface area contributed by atoms with Crippen LogP contribution in [0, 0.1) is 5.92 Å². The van der Waals surface area contributed by atoms with Crippen LogP contribution in [-0.4, -0.2) is 77.0 Å². The minimum Gasteiger partial charge on any atom is -0.336 e. The maximum Gasteiger partial charge on any atom is 0.416 e. The van der Waals surface area contributed by atoms with Gasteiger partial charge in [0.05, 0.1) is 11.1 Å². The van der Waals surface area contributed by atoms with Crippen LogP contribution in [0.3, 0.4) is 0 Å². The summed E-state index contributed by atoms with van der Waals surface area (Å²) in [5.41, 5.74) is 3.70. The van der Waals surface area contributed by atoms with E-state index in [4.69, 9.17) is 0 Å². The molecule has 8 heteroatoms. The third-order valence-electron chi connectivity index (χ3n) is 8.12. The van der Waals surface area contributed by atoms with Gasteiger partial charge in [0.2, 0.25) is 0 Å². The predicted octanol–water partition coefficient (Wildman–Crippen LogP) is 6.56. The summed E-state index contributed by atoms with van der Waals surface area (Å²) in [6.07, 6.45) is 0.800. The van der Waals surface area contributed by atoms with Crippen LogP contribution in [0.4, 0.5) is 13.2 Å². The Balaban J connectivity index is 1.51. The van der Waals surface area contributed by atoms with Gasteiger partial charge in [-0.3, -0.25) is 14.6 Å². The SMILES string of the molecule is CC(C)CN1CC=C(c2cn(-c3ccc(C(F)(F)F)cc3)c3cc(C(=O)N4CCN(C(C)C)CC4)ccc23)CC1. The average Bonchev–Trinajstić information content (AvgIpc) is 3.31. The lowest BCUT2D eigenvalue weighted by atomic mass is 9.97. The van der Waals surface area contributed by atoms with Crippen molar-refractivity contribution < 1.29 is 18.0 Å². The summed E-state index contributed by atoms with van der Waals surface area (Å²) in [6.45, 7) is 14.7. The van der Waals surface area contributed by atoms with Gasteiger partial charge >= 0.3 is 6.18 Å². The smallest absolute Gasteiger partial charge is 0.336 e. The Morgan fingerprint density at radius 2 is 1.62 bits per heavy atom. The summed E-state index contributed by atoms with van der Waals surface area (Å²) in [4.78, 5) is 20.2. The van der Waals surface area contributed by atoms with Gasteiger partial charge in [-0.05, 0) is 68.2 Å². The molecule has 0 unspecified atom stereocenters. The molecule has 5 nitrogen and oxygen atoms in total. The van der Waals surface area contributed by atoms with E-state index in [1.807, 2.05) is 33.9 Å². The number of piperazine rings is 1. The van der Waals surface area contributed by atoms with Gasteiger partial charge in [-0.1, -0.05) is 26.0 Å². The zero-order valence-electron chi connectivity index (χ0n) is 23.8. The maximum atomic E-state index is 13.5. The average molecular weight is 553 g/mol. The van der Waals surface area contributed by atoms with Crippen molar-refractivity contribution in [2.75, 3.05) is 45.8 Å². The lowest BCUT2D eigenvalue weighted by Crippen LogP contribution is -2.50. The van der Waals surface area contributed by atoms with E-state index < -0.39 is 11.7 Å². The molecule has 0 aliphatic carbocycles. The van der Waals surface area contributed by atoms with Crippen LogP contribution in [0.5, 0.6) is 0 Å². The van der Waals surface area contributed by atoms with Crippen molar-refractivity contribution in [3.63, 3.8) is 0 Å². The van der Waals surface area contributed by atoms with Crippen LogP contribution < -0.4 is 0 Å². The molecule has 1 aromatic heterocycles. The molecule has 214 valence electrons. The van der Waals surface area contributed by atoms with Crippen LogP contribution in [0.1, 0.15) is 55.6 Å². The van der Waals surface area contributed by atoms with Gasteiger partial charge in [0.1, 0.15) is 0 Å². The van der Waals surface area contributed by atoms with E-state index in [0.29, 0.717) is 36.3 Å². The Morgan fingerprint density at radius 3 is 2.20 bits per heavy atom. The highest BCUT2D eigenvalue weighted by molar-refractivity contribution is 6.01. The molecule has 0 bridgehead atoms. The molecule has 1 amide bonds. The fourth-order valence-electron chi connectivity index (χ4n) is 5.90. The third kappa shape index (κ3) is 5.98. The number of amides is 1. The van der Waals surface area contributed by atoms with Crippen molar-refractivity contribution in [3.05, 3.63) is 71.4 Å². The number of hydrogen-bond donors (Lipinski definition) is 0. The molecule has 40 heavy (non-hydrogen) atoms. The molecule has 1 saturated heterocycles. The first-order valence-electron chi connectivity index (χ1n) is 14.3. The van der Waals surface area contributed by atoms with E-state index in [2.05, 4.69) is 43.6 Å². The molecule has 0 N–H and O–H groups in total. The molecule has 3 aromatic rings. The number of halogens is 3. The summed E-state index contributed by atoms with van der Waals surface area (Å²) in [7, 11) is 0. The van der Waals surface area contributed by atoms with Crippen molar-refractivity contribution in [2.24, 2.45) is 5.92 Å². The minimum absolute atomic E-state index is 0.00626. The Morgan fingerprint density at radius 1 is 0.925 bits per heavy atom. The number of fused-ring (bicyclic) bond motifs is 1. The normalized spacial score (nSPS) is 17.7. The topological polar surface area (TPSA) is 31.7 Å². The Bertz CT molecular complexity index is 1380. The van der Waals surface area contributed by atoms with E-state index in [1.54, 1.807) is 0 Å². The Labute approximate surface area is 234 Å². The van der Waals surface area contributed by atoms with E-state index in [1.165, 1.54) is 17.7 Å². The first-order valence-corrected chi connectivity index (χ1v) is 14.3. The fraction of sp³-hybridized carbons (Fsp3) is 0.469. The second kappa shape index (κ2) is 11.4. The third-order valence-corrected chi connectivity index (χ3v) is 8.12.